The van der Waals surface area contributed by atoms with Gasteiger partial charge in [-0.1, -0.05) is 30.4 Å². The Labute approximate surface area is 106 Å². The van der Waals surface area contributed by atoms with Crippen LogP contribution in [0.3, 0.4) is 0 Å². The number of esters is 1. The predicted octanol–water partition coefficient (Wildman–Crippen LogP) is 1.63. The Bertz CT molecular complexity index is 481. The average Bonchev–Trinajstić information content (AvgIpc) is 2.80. The van der Waals surface area contributed by atoms with Gasteiger partial charge in [-0.2, -0.15) is 0 Å². The molecule has 1 saturated heterocycles. The summed E-state index contributed by atoms with van der Waals surface area (Å²) in [7, 11) is 1.33. The molecule has 4 heteroatoms. The smallest absolute Gasteiger partial charge is 0.328 e. The van der Waals surface area contributed by atoms with Crippen molar-refractivity contribution in [2.45, 2.75) is 12.5 Å². The highest BCUT2D eigenvalue weighted by molar-refractivity contribution is 5.97. The summed E-state index contributed by atoms with van der Waals surface area (Å²) in [6.45, 7) is 4.26. The summed E-state index contributed by atoms with van der Waals surface area (Å²) in [5.74, 6) is -0.553. The van der Waals surface area contributed by atoms with Gasteiger partial charge >= 0.3 is 5.97 Å². The van der Waals surface area contributed by atoms with Crippen molar-refractivity contribution in [3.05, 3.63) is 48.0 Å². The minimum Gasteiger partial charge on any atom is -0.467 e. The zero-order chi connectivity index (χ0) is 13.1. The molecule has 94 valence electrons. The third-order valence-corrected chi connectivity index (χ3v) is 3.01. The number of rotatable bonds is 2. The Morgan fingerprint density at radius 3 is 2.61 bits per heavy atom. The van der Waals surface area contributed by atoms with Gasteiger partial charge in [-0.05, 0) is 12.1 Å². The van der Waals surface area contributed by atoms with Crippen LogP contribution in [-0.2, 0) is 9.53 Å². The Hall–Kier alpha value is -2.10. The fourth-order valence-electron chi connectivity index (χ4n) is 2.11. The number of methoxy groups -OCH3 is 1. The SMILES string of the molecule is C=C1CC(C(=O)OC)N(C(=O)c2ccccc2)C1. The van der Waals surface area contributed by atoms with E-state index in [1.807, 2.05) is 6.07 Å². The molecule has 1 atom stereocenters. The lowest BCUT2D eigenvalue weighted by atomic mass is 10.1. The average molecular weight is 245 g/mol. The first-order chi connectivity index (χ1) is 8.63. The van der Waals surface area contributed by atoms with Crippen LogP contribution in [0.4, 0.5) is 0 Å². The van der Waals surface area contributed by atoms with Gasteiger partial charge < -0.3 is 9.64 Å². The number of benzene rings is 1. The zero-order valence-corrected chi connectivity index (χ0v) is 10.3. The summed E-state index contributed by atoms with van der Waals surface area (Å²) in [5.41, 5.74) is 1.44. The quantitative estimate of drug-likeness (QED) is 0.587. The number of hydrogen-bond acceptors (Lipinski definition) is 3. The predicted molar refractivity (Wildman–Crippen MR) is 67.0 cm³/mol. The second-order valence-electron chi connectivity index (χ2n) is 4.29. The molecular formula is C14H15NO3. The van der Waals surface area contributed by atoms with Crippen molar-refractivity contribution in [3.63, 3.8) is 0 Å². The third-order valence-electron chi connectivity index (χ3n) is 3.01. The molecule has 1 aromatic rings. The van der Waals surface area contributed by atoms with E-state index in [2.05, 4.69) is 6.58 Å². The minimum absolute atomic E-state index is 0.162. The Morgan fingerprint density at radius 1 is 1.33 bits per heavy atom. The molecule has 1 unspecified atom stereocenters. The fourth-order valence-corrected chi connectivity index (χ4v) is 2.11. The molecule has 18 heavy (non-hydrogen) atoms. The molecule has 0 aliphatic carbocycles. The van der Waals surface area contributed by atoms with Gasteiger partial charge in [-0.15, -0.1) is 0 Å². The van der Waals surface area contributed by atoms with Crippen LogP contribution in [0.15, 0.2) is 42.5 Å². The van der Waals surface area contributed by atoms with E-state index in [0.29, 0.717) is 18.5 Å². The first-order valence-electron chi connectivity index (χ1n) is 5.74. The molecule has 4 nitrogen and oxygen atoms in total. The van der Waals surface area contributed by atoms with Crippen molar-refractivity contribution in [1.29, 1.82) is 0 Å². The molecule has 1 fully saturated rings. The Balaban J connectivity index is 2.23. The number of likely N-dealkylation sites (tertiary alicyclic amines) is 1. The van der Waals surface area contributed by atoms with Crippen LogP contribution in [0.25, 0.3) is 0 Å². The summed E-state index contributed by atoms with van der Waals surface area (Å²) >= 11 is 0. The maximum atomic E-state index is 12.3. The van der Waals surface area contributed by atoms with Gasteiger partial charge in [0.25, 0.3) is 5.91 Å². The van der Waals surface area contributed by atoms with Crippen molar-refractivity contribution in [2.24, 2.45) is 0 Å². The molecule has 1 aliphatic rings. The lowest BCUT2D eigenvalue weighted by Gasteiger charge is -2.22. The lowest BCUT2D eigenvalue weighted by Crippen LogP contribution is -2.41. The van der Waals surface area contributed by atoms with Gasteiger partial charge in [0.05, 0.1) is 7.11 Å². The molecule has 0 aromatic heterocycles. The van der Waals surface area contributed by atoms with Gasteiger partial charge in [0.2, 0.25) is 0 Å². The van der Waals surface area contributed by atoms with E-state index in [9.17, 15) is 9.59 Å². The largest absolute Gasteiger partial charge is 0.467 e. The molecule has 0 spiro atoms. The van der Waals surface area contributed by atoms with Gasteiger partial charge in [-0.3, -0.25) is 4.79 Å². The van der Waals surface area contributed by atoms with Crippen LogP contribution in [0, 0.1) is 0 Å². The van der Waals surface area contributed by atoms with E-state index >= 15 is 0 Å². The molecule has 1 aromatic carbocycles. The second kappa shape index (κ2) is 5.04. The van der Waals surface area contributed by atoms with Crippen LogP contribution < -0.4 is 0 Å². The molecular weight excluding hydrogens is 230 g/mol. The molecule has 1 heterocycles. The molecule has 1 amide bonds. The van der Waals surface area contributed by atoms with Gasteiger partial charge in [0, 0.05) is 18.5 Å². The highest BCUT2D eigenvalue weighted by Crippen LogP contribution is 2.24. The molecule has 1 aliphatic heterocycles. The van der Waals surface area contributed by atoms with E-state index in [-0.39, 0.29) is 5.91 Å². The minimum atomic E-state index is -0.546. The summed E-state index contributed by atoms with van der Waals surface area (Å²) in [6.07, 6.45) is 0.477. The van der Waals surface area contributed by atoms with E-state index in [4.69, 9.17) is 4.74 Å². The molecule has 0 bridgehead atoms. The van der Waals surface area contributed by atoms with E-state index in [1.165, 1.54) is 12.0 Å². The first kappa shape index (κ1) is 12.4. The number of ether oxygens (including phenoxy) is 1. The van der Waals surface area contributed by atoms with Gasteiger partial charge in [0.15, 0.2) is 0 Å². The number of carbonyl (C=O) groups is 2. The van der Waals surface area contributed by atoms with Crippen molar-refractivity contribution < 1.29 is 14.3 Å². The molecule has 2 rings (SSSR count). The maximum Gasteiger partial charge on any atom is 0.328 e. The van der Waals surface area contributed by atoms with E-state index < -0.39 is 12.0 Å². The van der Waals surface area contributed by atoms with Crippen LogP contribution in [0.1, 0.15) is 16.8 Å². The molecule has 0 saturated carbocycles. The van der Waals surface area contributed by atoms with Crippen molar-refractivity contribution >= 4 is 11.9 Å². The number of hydrogen-bond donors (Lipinski definition) is 0. The van der Waals surface area contributed by atoms with Crippen LogP contribution >= 0.6 is 0 Å². The highest BCUT2D eigenvalue weighted by Gasteiger charge is 2.36. The number of amides is 1. The van der Waals surface area contributed by atoms with E-state index in [0.717, 1.165) is 5.57 Å². The maximum absolute atomic E-state index is 12.3. The standard InChI is InChI=1S/C14H15NO3/c1-10-8-12(14(17)18-2)15(9-10)13(16)11-6-4-3-5-7-11/h3-7,12H,1,8-9H2,2H3. The van der Waals surface area contributed by atoms with E-state index in [1.54, 1.807) is 24.3 Å². The highest BCUT2D eigenvalue weighted by atomic mass is 16.5. The molecule has 0 radical (unpaired) electrons. The Kier molecular flexibility index (Phi) is 3.46. The first-order valence-corrected chi connectivity index (χ1v) is 5.74. The number of carbonyl (C=O) groups excluding carboxylic acids is 2. The van der Waals surface area contributed by atoms with Gasteiger partial charge in [0.1, 0.15) is 6.04 Å². The summed E-state index contributed by atoms with van der Waals surface area (Å²) in [5, 5.41) is 0. The third kappa shape index (κ3) is 2.27. The Morgan fingerprint density at radius 2 is 2.00 bits per heavy atom. The lowest BCUT2D eigenvalue weighted by molar-refractivity contribution is -0.145. The normalized spacial score (nSPS) is 18.8. The molecule has 0 N–H and O–H groups in total. The van der Waals surface area contributed by atoms with Crippen LogP contribution in [0.2, 0.25) is 0 Å². The fraction of sp³-hybridized carbons (Fsp3) is 0.286. The summed E-state index contributed by atoms with van der Waals surface area (Å²) in [4.78, 5) is 25.5. The van der Waals surface area contributed by atoms with Crippen molar-refractivity contribution in [1.82, 2.24) is 4.90 Å². The van der Waals surface area contributed by atoms with Gasteiger partial charge in [-0.25, -0.2) is 4.79 Å². The zero-order valence-electron chi connectivity index (χ0n) is 10.3. The second-order valence-corrected chi connectivity index (χ2v) is 4.29. The van der Waals surface area contributed by atoms with Crippen molar-refractivity contribution in [3.8, 4) is 0 Å². The summed E-state index contributed by atoms with van der Waals surface area (Å²) in [6, 6.07) is 8.36. The van der Waals surface area contributed by atoms with Crippen LogP contribution in [0.5, 0.6) is 0 Å². The van der Waals surface area contributed by atoms with Crippen LogP contribution in [-0.4, -0.2) is 36.5 Å². The van der Waals surface area contributed by atoms with Crippen molar-refractivity contribution in [2.75, 3.05) is 13.7 Å². The monoisotopic (exact) mass is 245 g/mol. The number of nitrogens with zero attached hydrogens (tertiary/aromatic N) is 1. The summed E-state index contributed by atoms with van der Waals surface area (Å²) < 4.78 is 4.72. The topological polar surface area (TPSA) is 46.6 Å².